The molecule has 29 heavy (non-hydrogen) atoms. The molecule has 1 fully saturated rings. The summed E-state index contributed by atoms with van der Waals surface area (Å²) in [4.78, 5) is 12.7. The third-order valence-electron chi connectivity index (χ3n) is 5.05. The van der Waals surface area contributed by atoms with Gasteiger partial charge in [0.25, 0.3) is 0 Å². The third kappa shape index (κ3) is 4.89. The zero-order valence-electron chi connectivity index (χ0n) is 16.6. The number of methoxy groups -OCH3 is 2. The summed E-state index contributed by atoms with van der Waals surface area (Å²) in [6.45, 7) is 0.932. The van der Waals surface area contributed by atoms with Gasteiger partial charge in [0, 0.05) is 25.7 Å². The van der Waals surface area contributed by atoms with Gasteiger partial charge in [-0.1, -0.05) is 30.3 Å². The van der Waals surface area contributed by atoms with E-state index in [1.165, 1.54) is 24.6 Å². The lowest BCUT2D eigenvalue weighted by molar-refractivity contribution is -0.126. The number of sulfonamides is 1. The van der Waals surface area contributed by atoms with Crippen molar-refractivity contribution in [2.75, 3.05) is 27.3 Å². The van der Waals surface area contributed by atoms with Crippen molar-refractivity contribution in [2.45, 2.75) is 24.3 Å². The highest BCUT2D eigenvalue weighted by molar-refractivity contribution is 7.89. The Morgan fingerprint density at radius 3 is 2.59 bits per heavy atom. The van der Waals surface area contributed by atoms with Gasteiger partial charge in [-0.15, -0.1) is 0 Å². The minimum absolute atomic E-state index is 0.0460. The van der Waals surface area contributed by atoms with Gasteiger partial charge in [-0.25, -0.2) is 8.42 Å². The van der Waals surface area contributed by atoms with E-state index in [1.54, 1.807) is 12.1 Å². The number of nitrogens with zero attached hydrogens (tertiary/aromatic N) is 1. The van der Waals surface area contributed by atoms with Crippen molar-refractivity contribution in [3.63, 3.8) is 0 Å². The van der Waals surface area contributed by atoms with Gasteiger partial charge in [0.2, 0.25) is 15.9 Å². The molecular weight excluding hydrogens is 392 g/mol. The molecule has 1 amide bonds. The minimum Gasteiger partial charge on any atom is -0.497 e. The molecule has 0 spiro atoms. The molecule has 3 rings (SSSR count). The second-order valence-electron chi connectivity index (χ2n) is 6.92. The highest BCUT2D eigenvalue weighted by atomic mass is 32.2. The quantitative estimate of drug-likeness (QED) is 0.747. The van der Waals surface area contributed by atoms with Crippen molar-refractivity contribution in [2.24, 2.45) is 5.92 Å². The van der Waals surface area contributed by atoms with Gasteiger partial charge < -0.3 is 14.8 Å². The Morgan fingerprint density at radius 1 is 1.14 bits per heavy atom. The van der Waals surface area contributed by atoms with Crippen LogP contribution in [0.3, 0.4) is 0 Å². The van der Waals surface area contributed by atoms with E-state index in [1.807, 2.05) is 30.3 Å². The Hall–Kier alpha value is -2.58. The molecule has 8 heteroatoms. The van der Waals surface area contributed by atoms with Crippen LogP contribution in [0, 0.1) is 5.92 Å². The fraction of sp³-hybridized carbons (Fsp3) is 0.381. The number of benzene rings is 2. The Morgan fingerprint density at radius 2 is 1.90 bits per heavy atom. The van der Waals surface area contributed by atoms with Crippen LogP contribution in [0.1, 0.15) is 18.4 Å². The van der Waals surface area contributed by atoms with E-state index in [-0.39, 0.29) is 29.0 Å². The molecule has 1 aliphatic heterocycles. The van der Waals surface area contributed by atoms with E-state index in [0.717, 1.165) is 5.56 Å². The Balaban J connectivity index is 1.73. The molecule has 7 nitrogen and oxygen atoms in total. The summed E-state index contributed by atoms with van der Waals surface area (Å²) < 4.78 is 38.3. The molecule has 0 bridgehead atoms. The average molecular weight is 419 g/mol. The monoisotopic (exact) mass is 418 g/mol. The lowest BCUT2D eigenvalue weighted by atomic mass is 9.99. The summed E-state index contributed by atoms with van der Waals surface area (Å²) in [5.41, 5.74) is 1.00. The van der Waals surface area contributed by atoms with Crippen molar-refractivity contribution in [1.29, 1.82) is 0 Å². The first-order valence-electron chi connectivity index (χ1n) is 9.49. The lowest BCUT2D eigenvalue weighted by Crippen LogP contribution is -2.45. The average Bonchev–Trinajstić information content (AvgIpc) is 2.77. The maximum absolute atomic E-state index is 13.2. The SMILES string of the molecule is COc1ccc(OC)c(S(=O)(=O)N2CCCC(C(=O)NCc3ccccc3)C2)c1. The molecule has 0 radical (unpaired) electrons. The number of rotatable bonds is 7. The van der Waals surface area contributed by atoms with Crippen LogP contribution in [0.4, 0.5) is 0 Å². The summed E-state index contributed by atoms with van der Waals surface area (Å²) >= 11 is 0. The topological polar surface area (TPSA) is 84.9 Å². The van der Waals surface area contributed by atoms with Crippen LogP contribution in [0.25, 0.3) is 0 Å². The maximum atomic E-state index is 13.2. The molecule has 1 heterocycles. The molecule has 156 valence electrons. The van der Waals surface area contributed by atoms with Gasteiger partial charge in [0.1, 0.15) is 16.4 Å². The summed E-state index contributed by atoms with van der Waals surface area (Å²) in [6, 6.07) is 14.3. The molecule has 2 aromatic carbocycles. The fourth-order valence-electron chi connectivity index (χ4n) is 3.43. The number of hydrogen-bond donors (Lipinski definition) is 1. The number of amides is 1. The summed E-state index contributed by atoms with van der Waals surface area (Å²) in [7, 11) is -0.917. The van der Waals surface area contributed by atoms with E-state index < -0.39 is 10.0 Å². The van der Waals surface area contributed by atoms with Gasteiger partial charge in [0.15, 0.2) is 0 Å². The molecule has 1 N–H and O–H groups in total. The summed E-state index contributed by atoms with van der Waals surface area (Å²) in [5.74, 6) is 0.158. The smallest absolute Gasteiger partial charge is 0.246 e. The van der Waals surface area contributed by atoms with Crippen LogP contribution in [-0.4, -0.2) is 45.9 Å². The Bertz CT molecular complexity index is 947. The van der Waals surface area contributed by atoms with Crippen LogP contribution >= 0.6 is 0 Å². The van der Waals surface area contributed by atoms with Crippen LogP contribution in [0.2, 0.25) is 0 Å². The predicted molar refractivity (Wildman–Crippen MR) is 109 cm³/mol. The summed E-state index contributed by atoms with van der Waals surface area (Å²) in [6.07, 6.45) is 1.27. The van der Waals surface area contributed by atoms with Gasteiger partial charge in [0.05, 0.1) is 20.1 Å². The number of piperidine rings is 1. The zero-order chi connectivity index (χ0) is 20.9. The number of nitrogens with one attached hydrogen (secondary N) is 1. The summed E-state index contributed by atoms with van der Waals surface area (Å²) in [5, 5.41) is 2.92. The van der Waals surface area contributed by atoms with E-state index in [4.69, 9.17) is 9.47 Å². The van der Waals surface area contributed by atoms with Crippen molar-refractivity contribution >= 4 is 15.9 Å². The van der Waals surface area contributed by atoms with Gasteiger partial charge >= 0.3 is 0 Å². The predicted octanol–water partition coefficient (Wildman–Crippen LogP) is 2.42. The number of ether oxygens (including phenoxy) is 2. The number of carbonyl (C=O) groups is 1. The molecular formula is C21H26N2O5S. The van der Waals surface area contributed by atoms with Gasteiger partial charge in [-0.2, -0.15) is 4.31 Å². The Labute approximate surface area is 171 Å². The molecule has 1 saturated heterocycles. The fourth-order valence-corrected chi connectivity index (χ4v) is 5.12. The second-order valence-corrected chi connectivity index (χ2v) is 8.83. The second kappa shape index (κ2) is 9.28. The number of carbonyl (C=O) groups excluding carboxylic acids is 1. The molecule has 0 aliphatic carbocycles. The first kappa shape index (κ1) is 21.1. The van der Waals surface area contributed by atoms with Crippen LogP contribution in [-0.2, 0) is 21.4 Å². The Kier molecular flexibility index (Phi) is 6.76. The maximum Gasteiger partial charge on any atom is 0.246 e. The molecule has 1 aliphatic rings. The van der Waals surface area contributed by atoms with E-state index in [0.29, 0.717) is 31.7 Å². The first-order chi connectivity index (χ1) is 14.0. The third-order valence-corrected chi connectivity index (χ3v) is 6.94. The largest absolute Gasteiger partial charge is 0.497 e. The molecule has 0 saturated carbocycles. The van der Waals surface area contributed by atoms with Gasteiger partial charge in [-0.3, -0.25) is 4.79 Å². The molecule has 2 aromatic rings. The van der Waals surface area contributed by atoms with Crippen molar-refractivity contribution in [3.05, 3.63) is 54.1 Å². The highest BCUT2D eigenvalue weighted by Gasteiger charge is 2.35. The van der Waals surface area contributed by atoms with Crippen LogP contribution < -0.4 is 14.8 Å². The standard InChI is InChI=1S/C21H26N2O5S/c1-27-18-10-11-19(28-2)20(13-18)29(25,26)23-12-6-9-17(15-23)21(24)22-14-16-7-4-3-5-8-16/h3-5,7-8,10-11,13,17H,6,9,12,14-15H2,1-2H3,(H,22,24). The van der Waals surface area contributed by atoms with E-state index >= 15 is 0 Å². The van der Waals surface area contributed by atoms with Crippen molar-refractivity contribution in [3.8, 4) is 11.5 Å². The van der Waals surface area contributed by atoms with Gasteiger partial charge in [-0.05, 0) is 30.5 Å². The minimum atomic E-state index is -3.82. The zero-order valence-corrected chi connectivity index (χ0v) is 17.4. The van der Waals surface area contributed by atoms with E-state index in [9.17, 15) is 13.2 Å². The molecule has 1 unspecified atom stereocenters. The number of hydrogen-bond acceptors (Lipinski definition) is 5. The lowest BCUT2D eigenvalue weighted by Gasteiger charge is -2.31. The van der Waals surface area contributed by atoms with E-state index in [2.05, 4.69) is 5.32 Å². The highest BCUT2D eigenvalue weighted by Crippen LogP contribution is 2.32. The van der Waals surface area contributed by atoms with Crippen LogP contribution in [0.15, 0.2) is 53.4 Å². The normalized spacial score (nSPS) is 17.5. The molecule has 1 atom stereocenters. The van der Waals surface area contributed by atoms with Crippen molar-refractivity contribution < 1.29 is 22.7 Å². The first-order valence-corrected chi connectivity index (χ1v) is 10.9. The van der Waals surface area contributed by atoms with Crippen LogP contribution in [0.5, 0.6) is 11.5 Å². The van der Waals surface area contributed by atoms with Crippen molar-refractivity contribution in [1.82, 2.24) is 9.62 Å². The molecule has 0 aromatic heterocycles.